The van der Waals surface area contributed by atoms with Crippen molar-refractivity contribution >= 4 is 11.3 Å². The second-order valence-electron chi connectivity index (χ2n) is 7.37. The summed E-state index contributed by atoms with van der Waals surface area (Å²) in [6.45, 7) is 11.2. The number of hydrogen-bond donors (Lipinski definition) is 1. The second kappa shape index (κ2) is 6.71. The van der Waals surface area contributed by atoms with Crippen LogP contribution in [0.15, 0.2) is 24.3 Å². The Morgan fingerprint density at radius 1 is 1.35 bits per heavy atom. The Labute approximate surface area is 137 Å². The van der Waals surface area contributed by atoms with Gasteiger partial charge in [0.1, 0.15) is 0 Å². The van der Waals surface area contributed by atoms with Crippen LogP contribution >= 0.6 is 0 Å². The highest BCUT2D eigenvalue weighted by Crippen LogP contribution is 2.35. The van der Waals surface area contributed by atoms with Gasteiger partial charge in [-0.1, -0.05) is 26.8 Å². The fourth-order valence-corrected chi connectivity index (χ4v) is 2.76. The minimum absolute atomic E-state index is 0.0179. The second-order valence-corrected chi connectivity index (χ2v) is 7.37. The molecule has 1 heterocycles. The quantitative estimate of drug-likeness (QED) is 0.668. The van der Waals surface area contributed by atoms with E-state index in [0.29, 0.717) is 11.8 Å². The molecule has 0 amide bonds. The van der Waals surface area contributed by atoms with E-state index in [2.05, 4.69) is 32.2 Å². The zero-order valence-electron chi connectivity index (χ0n) is 14.6. The average Bonchev–Trinajstić information content (AvgIpc) is 2.45. The molecule has 1 aliphatic rings. The minimum atomic E-state index is -0.393. The average molecular weight is 318 g/mol. The summed E-state index contributed by atoms with van der Waals surface area (Å²) in [5.74, 6) is 0.342. The third kappa shape index (κ3) is 4.32. The number of ether oxygens (including phenoxy) is 1. The molecule has 5 heteroatoms. The lowest BCUT2D eigenvalue weighted by Crippen LogP contribution is -2.42. The lowest BCUT2D eigenvalue weighted by Gasteiger charge is -2.35. The van der Waals surface area contributed by atoms with E-state index in [1.807, 2.05) is 19.9 Å². The molecule has 23 heavy (non-hydrogen) atoms. The molecule has 1 N–H and O–H groups in total. The molecule has 1 aromatic rings. The lowest BCUT2D eigenvalue weighted by molar-refractivity contribution is -0.386. The van der Waals surface area contributed by atoms with Gasteiger partial charge in [0.15, 0.2) is 5.75 Å². The molecule has 0 radical (unpaired) electrons. The Morgan fingerprint density at radius 2 is 2.04 bits per heavy atom. The summed E-state index contributed by atoms with van der Waals surface area (Å²) < 4.78 is 5.65. The van der Waals surface area contributed by atoms with Gasteiger partial charge in [0.2, 0.25) is 0 Å². The highest BCUT2D eigenvalue weighted by molar-refractivity contribution is 5.70. The molecule has 0 fully saturated rings. The van der Waals surface area contributed by atoms with Gasteiger partial charge in [0, 0.05) is 18.7 Å². The summed E-state index contributed by atoms with van der Waals surface area (Å²) in [5.41, 5.74) is 2.40. The summed E-state index contributed by atoms with van der Waals surface area (Å²) in [7, 11) is 0. The molecule has 0 saturated carbocycles. The monoisotopic (exact) mass is 318 g/mol. The highest BCUT2D eigenvalue weighted by Gasteiger charge is 2.28. The molecular formula is C18H26N2O3. The highest BCUT2D eigenvalue weighted by atomic mass is 16.6. The van der Waals surface area contributed by atoms with E-state index in [-0.39, 0.29) is 17.2 Å². The first kappa shape index (κ1) is 17.5. The van der Waals surface area contributed by atoms with E-state index >= 15 is 0 Å². The van der Waals surface area contributed by atoms with Gasteiger partial charge in [0.05, 0.1) is 11.0 Å². The van der Waals surface area contributed by atoms with Crippen molar-refractivity contribution in [2.24, 2.45) is 5.41 Å². The summed E-state index contributed by atoms with van der Waals surface area (Å²) in [4.78, 5) is 10.8. The topological polar surface area (TPSA) is 64.4 Å². The zero-order chi connectivity index (χ0) is 17.2. The zero-order valence-corrected chi connectivity index (χ0v) is 14.6. The smallest absolute Gasteiger partial charge is 0.310 e. The maximum Gasteiger partial charge on any atom is 0.310 e. The Balaban J connectivity index is 2.33. The van der Waals surface area contributed by atoms with Gasteiger partial charge >= 0.3 is 5.69 Å². The van der Waals surface area contributed by atoms with Crippen molar-refractivity contribution in [2.45, 2.75) is 53.2 Å². The number of nitrogens with zero attached hydrogens (tertiary/aromatic N) is 1. The van der Waals surface area contributed by atoms with Gasteiger partial charge in [-0.3, -0.25) is 10.1 Å². The fraction of sp³-hybridized carbons (Fsp3) is 0.556. The molecular weight excluding hydrogens is 292 g/mol. The van der Waals surface area contributed by atoms with Crippen LogP contribution in [0, 0.1) is 15.5 Å². The van der Waals surface area contributed by atoms with Crippen molar-refractivity contribution in [2.75, 3.05) is 6.54 Å². The summed E-state index contributed by atoms with van der Waals surface area (Å²) >= 11 is 0. The van der Waals surface area contributed by atoms with E-state index in [1.54, 1.807) is 12.1 Å². The van der Waals surface area contributed by atoms with Gasteiger partial charge in [-0.05, 0) is 49.0 Å². The van der Waals surface area contributed by atoms with E-state index in [1.165, 1.54) is 5.57 Å². The number of benzene rings is 1. The summed E-state index contributed by atoms with van der Waals surface area (Å²) in [6.07, 6.45) is 2.96. The summed E-state index contributed by atoms with van der Waals surface area (Å²) in [6, 6.07) is 5.55. The number of nitro benzene ring substituents is 1. The summed E-state index contributed by atoms with van der Waals surface area (Å²) in [5, 5.41) is 14.7. The number of hydrogen-bond acceptors (Lipinski definition) is 4. The predicted octanol–water partition coefficient (Wildman–Crippen LogP) is 4.17. The standard InChI is InChI=1S/C18H26N2O3/c1-12(2)23-16-10-13(6-7-15(16)20(21)22)14-8-9-19-17(11-14)18(3,4)5/h6-8,10,12,17,19H,9,11H2,1-5H3. The molecule has 1 aromatic carbocycles. The van der Waals surface area contributed by atoms with Crippen LogP contribution in [0.1, 0.15) is 46.6 Å². The molecule has 0 saturated heterocycles. The number of nitrogens with one attached hydrogen (secondary N) is 1. The molecule has 126 valence electrons. The maximum atomic E-state index is 11.2. The van der Waals surface area contributed by atoms with Gasteiger partial charge in [-0.2, -0.15) is 0 Å². The Hall–Kier alpha value is -1.88. The van der Waals surface area contributed by atoms with Crippen LogP contribution in [-0.4, -0.2) is 23.6 Å². The lowest BCUT2D eigenvalue weighted by atomic mass is 9.80. The molecule has 0 bridgehead atoms. The van der Waals surface area contributed by atoms with Crippen LogP contribution in [0.5, 0.6) is 5.75 Å². The third-order valence-electron chi connectivity index (χ3n) is 4.07. The third-order valence-corrected chi connectivity index (χ3v) is 4.07. The first-order chi connectivity index (χ1) is 10.7. The van der Waals surface area contributed by atoms with Crippen molar-refractivity contribution in [3.05, 3.63) is 40.0 Å². The maximum absolute atomic E-state index is 11.2. The predicted molar refractivity (Wildman–Crippen MR) is 92.7 cm³/mol. The Morgan fingerprint density at radius 3 is 2.61 bits per heavy atom. The number of nitro groups is 1. The number of rotatable bonds is 4. The van der Waals surface area contributed by atoms with Crippen LogP contribution in [0.3, 0.4) is 0 Å². The van der Waals surface area contributed by atoms with E-state index in [0.717, 1.165) is 18.5 Å². The normalized spacial score (nSPS) is 18.7. The van der Waals surface area contributed by atoms with Crippen molar-refractivity contribution in [1.29, 1.82) is 0 Å². The van der Waals surface area contributed by atoms with E-state index < -0.39 is 4.92 Å². The molecule has 1 atom stereocenters. The van der Waals surface area contributed by atoms with Gasteiger partial charge < -0.3 is 10.1 Å². The largest absolute Gasteiger partial charge is 0.484 e. The first-order valence-corrected chi connectivity index (χ1v) is 8.06. The van der Waals surface area contributed by atoms with Crippen LogP contribution in [0.25, 0.3) is 5.57 Å². The van der Waals surface area contributed by atoms with Gasteiger partial charge in [-0.15, -0.1) is 0 Å². The first-order valence-electron chi connectivity index (χ1n) is 8.06. The Kier molecular flexibility index (Phi) is 5.09. The Bertz CT molecular complexity index is 615. The minimum Gasteiger partial charge on any atom is -0.484 e. The van der Waals surface area contributed by atoms with Crippen molar-refractivity contribution in [1.82, 2.24) is 5.32 Å². The van der Waals surface area contributed by atoms with Crippen molar-refractivity contribution < 1.29 is 9.66 Å². The molecule has 5 nitrogen and oxygen atoms in total. The van der Waals surface area contributed by atoms with Crippen LogP contribution in [0.2, 0.25) is 0 Å². The van der Waals surface area contributed by atoms with Gasteiger partial charge in [-0.25, -0.2) is 0 Å². The van der Waals surface area contributed by atoms with E-state index in [4.69, 9.17) is 4.74 Å². The van der Waals surface area contributed by atoms with E-state index in [9.17, 15) is 10.1 Å². The van der Waals surface area contributed by atoms with Crippen molar-refractivity contribution in [3.8, 4) is 5.75 Å². The molecule has 1 unspecified atom stereocenters. The van der Waals surface area contributed by atoms with Crippen molar-refractivity contribution in [3.63, 3.8) is 0 Å². The molecule has 0 aliphatic carbocycles. The van der Waals surface area contributed by atoms with Crippen LogP contribution < -0.4 is 10.1 Å². The SMILES string of the molecule is CC(C)Oc1cc(C2=CCNC(C(C)(C)C)C2)ccc1[N+](=O)[O-]. The van der Waals surface area contributed by atoms with Crippen LogP contribution in [0.4, 0.5) is 5.69 Å². The molecule has 2 rings (SSSR count). The van der Waals surface area contributed by atoms with Crippen LogP contribution in [-0.2, 0) is 0 Å². The van der Waals surface area contributed by atoms with Gasteiger partial charge in [0.25, 0.3) is 0 Å². The molecule has 1 aliphatic heterocycles. The fourth-order valence-electron chi connectivity index (χ4n) is 2.76. The molecule has 0 spiro atoms. The molecule has 0 aromatic heterocycles.